The van der Waals surface area contributed by atoms with E-state index in [9.17, 15) is 18.4 Å². The van der Waals surface area contributed by atoms with Crippen molar-refractivity contribution in [1.29, 1.82) is 0 Å². The zero-order chi connectivity index (χ0) is 37.3. The fourth-order valence-corrected chi connectivity index (χ4v) is 5.40. The smallest absolute Gasteiger partial charge is 0.263 e. The summed E-state index contributed by atoms with van der Waals surface area (Å²) in [5, 5.41) is 0.262. The molecule has 3 aromatic carbocycles. The summed E-state index contributed by atoms with van der Waals surface area (Å²) in [7, 11) is 1.13. The minimum atomic E-state index is -3.92. The molecule has 0 aliphatic rings. The molecule has 2 heterocycles. The molecule has 270 valence electrons. The first-order chi connectivity index (χ1) is 24.2. The van der Waals surface area contributed by atoms with Crippen molar-refractivity contribution in [3.05, 3.63) is 118 Å². The molecule has 14 heteroatoms. The van der Waals surface area contributed by atoms with E-state index in [1.54, 1.807) is 47.9 Å². The van der Waals surface area contributed by atoms with E-state index in [4.69, 9.17) is 27.2 Å². The predicted octanol–water partition coefficient (Wildman–Crippen LogP) is 5.34. The number of carbonyl (C=O) groups excluding carboxylic acids is 1. The Kier molecular flexibility index (Phi) is 12.9. The van der Waals surface area contributed by atoms with Crippen molar-refractivity contribution >= 4 is 32.6 Å². The van der Waals surface area contributed by atoms with Crippen LogP contribution in [0.5, 0.6) is 17.2 Å². The number of aryl methyl sites for hydroxylation is 2. The lowest BCUT2D eigenvalue weighted by Gasteiger charge is -2.22. The second-order valence-electron chi connectivity index (χ2n) is 11.6. The first-order valence-corrected chi connectivity index (χ1v) is 17.7. The molecular formula is C37H39F2N3O8S. The second kappa shape index (κ2) is 17.1. The van der Waals surface area contributed by atoms with Gasteiger partial charge in [-0.05, 0) is 56.5 Å². The Bertz CT molecular complexity index is 2140. The molecule has 5 rings (SSSR count). The van der Waals surface area contributed by atoms with Crippen LogP contribution >= 0.6 is 0 Å². The first-order valence-electron chi connectivity index (χ1n) is 15.9. The van der Waals surface area contributed by atoms with Crippen LogP contribution < -0.4 is 29.1 Å². The van der Waals surface area contributed by atoms with Gasteiger partial charge in [0, 0.05) is 72.0 Å². The summed E-state index contributed by atoms with van der Waals surface area (Å²) in [6.07, 6.45) is 8.85. The maximum absolute atomic E-state index is 14.1. The van der Waals surface area contributed by atoms with Gasteiger partial charge in [-0.25, -0.2) is 21.8 Å². The Morgan fingerprint density at radius 2 is 1.59 bits per heavy atom. The molecule has 0 radical (unpaired) electrons. The Labute approximate surface area is 295 Å². The van der Waals surface area contributed by atoms with Gasteiger partial charge in [-0.3, -0.25) is 9.59 Å². The maximum atomic E-state index is 14.1. The fraction of sp³-hybridized carbons (Fsp3) is 0.270. The Balaban J connectivity index is 0.00000109. The van der Waals surface area contributed by atoms with E-state index in [0.29, 0.717) is 41.3 Å². The zero-order valence-corrected chi connectivity index (χ0v) is 29.7. The van der Waals surface area contributed by atoms with Crippen molar-refractivity contribution in [2.24, 2.45) is 7.05 Å². The normalized spacial score (nSPS) is 11.1. The van der Waals surface area contributed by atoms with E-state index < -0.39 is 33.1 Å². The Morgan fingerprint density at radius 1 is 0.941 bits per heavy atom. The van der Waals surface area contributed by atoms with Crippen LogP contribution in [-0.4, -0.2) is 57.1 Å². The molecule has 0 unspecified atom stereocenters. The molecule has 11 nitrogen and oxygen atoms in total. The number of halogens is 2. The average molecular weight is 724 g/mol. The van der Waals surface area contributed by atoms with Crippen molar-refractivity contribution in [3.63, 3.8) is 0 Å². The van der Waals surface area contributed by atoms with Gasteiger partial charge in [0.15, 0.2) is 12.4 Å². The highest BCUT2D eigenvalue weighted by Gasteiger charge is 2.24. The molecular weight excluding hydrogens is 684 g/mol. The summed E-state index contributed by atoms with van der Waals surface area (Å²) in [5.41, 5.74) is 1.61. The molecule has 0 N–H and O–H groups in total. The number of fused-ring (bicyclic) bond motifs is 1. The van der Waals surface area contributed by atoms with E-state index in [1.165, 1.54) is 26.0 Å². The molecule has 0 saturated carbocycles. The lowest BCUT2D eigenvalue weighted by atomic mass is 10.1. The van der Waals surface area contributed by atoms with E-state index in [2.05, 4.69) is 12.3 Å². The average Bonchev–Trinajstić information content (AvgIpc) is 3.07. The van der Waals surface area contributed by atoms with E-state index >= 15 is 0 Å². The van der Waals surface area contributed by atoms with E-state index in [-0.39, 0.29) is 23.2 Å². The quantitative estimate of drug-likeness (QED) is 0.0959. The molecule has 0 atom stereocenters. The number of amides is 1. The number of rotatable bonds is 12. The minimum absolute atomic E-state index is 0.00370. The number of ether oxygens (including phenoxy) is 3. The van der Waals surface area contributed by atoms with Gasteiger partial charge in [-0.15, -0.1) is 0 Å². The van der Waals surface area contributed by atoms with Gasteiger partial charge in [-0.1, -0.05) is 0 Å². The van der Waals surface area contributed by atoms with Gasteiger partial charge in [0.1, 0.15) is 41.5 Å². The van der Waals surface area contributed by atoms with Crippen LogP contribution in [0.15, 0.2) is 90.1 Å². The van der Waals surface area contributed by atoms with E-state index in [0.717, 1.165) is 42.4 Å². The number of unbranched alkanes of at least 4 members (excludes halogenated alkanes) is 1. The molecule has 5 aromatic rings. The SMILES string of the molecule is CCN(C(=O)c1cn(-c2cc(OC)cc(OC)c2)c2cc(OCCCCc3ccc[n+](C)c3)ccc2c1=O)c1cc(F)cc(F)c1.CS(=O)(=O)[O-]. The molecule has 51 heavy (non-hydrogen) atoms. The number of methoxy groups -OCH3 is 2. The number of carbonyl (C=O) groups is 1. The maximum Gasteiger partial charge on any atom is 0.263 e. The molecule has 0 saturated heterocycles. The predicted molar refractivity (Wildman–Crippen MR) is 188 cm³/mol. The van der Waals surface area contributed by atoms with Crippen LogP contribution in [0.25, 0.3) is 16.6 Å². The van der Waals surface area contributed by atoms with Crippen molar-refractivity contribution < 1.29 is 45.3 Å². The number of benzene rings is 3. The van der Waals surface area contributed by atoms with Gasteiger partial charge in [0.25, 0.3) is 5.91 Å². The third-order valence-electron chi connectivity index (χ3n) is 7.67. The summed E-state index contributed by atoms with van der Waals surface area (Å²) >= 11 is 0. The topological polar surface area (TPSA) is 131 Å². The van der Waals surface area contributed by atoms with Crippen LogP contribution in [0.4, 0.5) is 14.5 Å². The number of pyridine rings is 2. The van der Waals surface area contributed by atoms with Gasteiger partial charge in [-0.2, -0.15) is 0 Å². The van der Waals surface area contributed by atoms with Crippen LogP contribution in [0.1, 0.15) is 35.7 Å². The molecule has 0 aliphatic carbocycles. The summed E-state index contributed by atoms with van der Waals surface area (Å²) in [6.45, 7) is 2.21. The fourth-order valence-electron chi connectivity index (χ4n) is 5.40. The zero-order valence-electron chi connectivity index (χ0n) is 28.9. The Hall–Kier alpha value is -5.34. The molecule has 2 aromatic heterocycles. The number of anilines is 1. The first kappa shape index (κ1) is 38.5. The lowest BCUT2D eigenvalue weighted by Crippen LogP contribution is -2.35. The summed E-state index contributed by atoms with van der Waals surface area (Å²) in [5.74, 6) is -0.802. The molecule has 0 aliphatic heterocycles. The molecule has 0 bridgehead atoms. The van der Waals surface area contributed by atoms with Crippen LogP contribution in [-0.2, 0) is 23.6 Å². The van der Waals surface area contributed by atoms with Crippen molar-refractivity contribution in [1.82, 2.24) is 4.57 Å². The molecule has 1 amide bonds. The van der Waals surface area contributed by atoms with Crippen molar-refractivity contribution in [3.8, 4) is 22.9 Å². The molecule has 0 fully saturated rings. The highest BCUT2D eigenvalue weighted by molar-refractivity contribution is 7.84. The minimum Gasteiger partial charge on any atom is -0.748 e. The van der Waals surface area contributed by atoms with Crippen molar-refractivity contribution in [2.75, 3.05) is 38.5 Å². The summed E-state index contributed by atoms with van der Waals surface area (Å²) in [4.78, 5) is 28.9. The van der Waals surface area contributed by atoms with Gasteiger partial charge in [0.2, 0.25) is 5.43 Å². The van der Waals surface area contributed by atoms with Crippen LogP contribution in [0.3, 0.4) is 0 Å². The largest absolute Gasteiger partial charge is 0.748 e. The van der Waals surface area contributed by atoms with Gasteiger partial charge >= 0.3 is 0 Å². The van der Waals surface area contributed by atoms with Crippen molar-refractivity contribution in [2.45, 2.75) is 26.2 Å². The standard InChI is InChI=1S/C36H36F2N3O5.CH4O3S/c1-5-40(27-16-25(37)15-26(38)17-27)36(43)33-23-41(28-18-30(44-3)20-31(19-28)45-4)34-21-29(11-12-32(34)35(33)42)46-14-7-6-9-24-10-8-13-39(2)22-24;1-5(2,3)4/h8,10-13,15-23H,5-7,9,14H2,1-4H3;1H3,(H,2,3,4)/q+1;/p-1. The summed E-state index contributed by atoms with van der Waals surface area (Å²) in [6, 6.07) is 17.3. The van der Waals surface area contributed by atoms with E-state index in [1.807, 2.05) is 23.9 Å². The third-order valence-corrected chi connectivity index (χ3v) is 7.67. The Morgan fingerprint density at radius 3 is 2.18 bits per heavy atom. The number of nitrogens with zero attached hydrogens (tertiary/aromatic N) is 3. The number of hydrogen-bond acceptors (Lipinski definition) is 8. The van der Waals surface area contributed by atoms with Crippen LogP contribution in [0, 0.1) is 11.6 Å². The number of hydrogen-bond donors (Lipinski definition) is 0. The third kappa shape index (κ3) is 10.6. The second-order valence-corrected chi connectivity index (χ2v) is 13.0. The molecule has 0 spiro atoms. The number of aromatic nitrogens is 2. The monoisotopic (exact) mass is 723 g/mol. The van der Waals surface area contributed by atoms with Crippen LogP contribution in [0.2, 0.25) is 0 Å². The van der Waals surface area contributed by atoms with Gasteiger partial charge < -0.3 is 28.2 Å². The van der Waals surface area contributed by atoms with Gasteiger partial charge in [0.05, 0.1) is 42.1 Å². The highest BCUT2D eigenvalue weighted by atomic mass is 32.2. The summed E-state index contributed by atoms with van der Waals surface area (Å²) < 4.78 is 76.2. The lowest BCUT2D eigenvalue weighted by molar-refractivity contribution is -0.671. The highest BCUT2D eigenvalue weighted by Crippen LogP contribution is 2.29.